The summed E-state index contributed by atoms with van der Waals surface area (Å²) in [7, 11) is 1.15. The smallest absolute Gasteiger partial charge is 0.328 e. The maximum Gasteiger partial charge on any atom is 0.328 e. The van der Waals surface area contributed by atoms with Gasteiger partial charge in [0, 0.05) is 19.0 Å². The van der Waals surface area contributed by atoms with Gasteiger partial charge in [-0.15, -0.1) is 0 Å². The van der Waals surface area contributed by atoms with Crippen LogP contribution in [0.1, 0.15) is 37.0 Å². The Morgan fingerprint density at radius 1 is 1.14 bits per heavy atom. The number of hydrogen-bond donors (Lipinski definition) is 1. The second-order valence-electron chi connectivity index (χ2n) is 5.63. The van der Waals surface area contributed by atoms with Gasteiger partial charge in [0.05, 0.1) is 13.2 Å². The van der Waals surface area contributed by atoms with Crippen molar-refractivity contribution in [2.45, 2.75) is 32.7 Å². The number of carbonyl (C=O) groups is 4. The molecule has 28 heavy (non-hydrogen) atoms. The van der Waals surface area contributed by atoms with Gasteiger partial charge in [0.25, 0.3) is 5.91 Å². The van der Waals surface area contributed by atoms with E-state index in [0.717, 1.165) is 19.2 Å². The summed E-state index contributed by atoms with van der Waals surface area (Å²) in [5.74, 6) is -4.55. The molecule has 1 rings (SSSR count). The predicted octanol–water partition coefficient (Wildman–Crippen LogP) is 1.56. The first kappa shape index (κ1) is 23.0. The fourth-order valence-corrected chi connectivity index (χ4v) is 2.31. The van der Waals surface area contributed by atoms with Gasteiger partial charge < -0.3 is 19.7 Å². The van der Waals surface area contributed by atoms with Crippen LogP contribution in [0.4, 0.5) is 14.5 Å². The fourth-order valence-electron chi connectivity index (χ4n) is 2.31. The molecular formula is C18H22F2N2O6. The Balaban J connectivity index is 2.99. The Labute approximate surface area is 160 Å². The Kier molecular flexibility index (Phi) is 9.00. The third-order valence-corrected chi connectivity index (χ3v) is 3.61. The second kappa shape index (κ2) is 11.0. The lowest BCUT2D eigenvalue weighted by molar-refractivity contribution is -0.146. The van der Waals surface area contributed by atoms with Gasteiger partial charge in [0.15, 0.2) is 11.6 Å². The van der Waals surface area contributed by atoms with E-state index in [9.17, 15) is 28.0 Å². The van der Waals surface area contributed by atoms with E-state index in [-0.39, 0.29) is 32.5 Å². The van der Waals surface area contributed by atoms with Crippen LogP contribution in [0.25, 0.3) is 0 Å². The average Bonchev–Trinajstić information content (AvgIpc) is 2.64. The predicted molar refractivity (Wildman–Crippen MR) is 94.6 cm³/mol. The van der Waals surface area contributed by atoms with E-state index in [4.69, 9.17) is 9.47 Å². The molecule has 1 aromatic carbocycles. The Morgan fingerprint density at radius 3 is 2.21 bits per heavy atom. The Morgan fingerprint density at radius 2 is 1.71 bits per heavy atom. The van der Waals surface area contributed by atoms with Crippen molar-refractivity contribution in [3.8, 4) is 0 Å². The maximum absolute atomic E-state index is 14.1. The molecule has 8 nitrogen and oxygen atoms in total. The third kappa shape index (κ3) is 6.29. The molecule has 1 unspecified atom stereocenters. The third-order valence-electron chi connectivity index (χ3n) is 3.61. The van der Waals surface area contributed by atoms with Crippen molar-refractivity contribution in [1.29, 1.82) is 0 Å². The fraction of sp³-hybridized carbons (Fsp3) is 0.444. The van der Waals surface area contributed by atoms with Crippen LogP contribution >= 0.6 is 0 Å². The first-order chi connectivity index (χ1) is 13.2. The number of esters is 2. The van der Waals surface area contributed by atoms with Crippen LogP contribution < -0.4 is 10.2 Å². The van der Waals surface area contributed by atoms with Gasteiger partial charge in [-0.25, -0.2) is 13.6 Å². The number of carbonyl (C=O) groups excluding carboxylic acids is 4. The first-order valence-electron chi connectivity index (χ1n) is 8.55. The summed E-state index contributed by atoms with van der Waals surface area (Å²) in [6.07, 6.45) is -0.0584. The van der Waals surface area contributed by atoms with E-state index in [0.29, 0.717) is 4.90 Å². The summed E-state index contributed by atoms with van der Waals surface area (Å²) >= 11 is 0. The molecule has 0 aliphatic heterocycles. The summed E-state index contributed by atoms with van der Waals surface area (Å²) in [6, 6.07) is 0.267. The molecule has 154 valence electrons. The number of nitrogens with zero attached hydrogens (tertiary/aromatic N) is 1. The van der Waals surface area contributed by atoms with E-state index in [1.807, 2.05) is 0 Å². The van der Waals surface area contributed by atoms with Crippen molar-refractivity contribution in [3.63, 3.8) is 0 Å². The molecule has 0 saturated carbocycles. The van der Waals surface area contributed by atoms with Gasteiger partial charge in [-0.3, -0.25) is 14.4 Å². The average molecular weight is 400 g/mol. The minimum atomic E-state index is -1.21. The number of rotatable bonds is 10. The monoisotopic (exact) mass is 400 g/mol. The normalized spacial score (nSPS) is 11.3. The molecule has 10 heteroatoms. The standard InChI is InChI=1S/C18H22F2N2O6/c1-4-27-15(24)7-6-14(18(26)28-5-2)21-17(25)11-8-12(19)16(13(20)9-11)22(3)10-23/h8-10,14H,4-7H2,1-3H3,(H,21,25). The molecule has 1 aromatic rings. The highest BCUT2D eigenvalue weighted by atomic mass is 19.1. The summed E-state index contributed by atoms with van der Waals surface area (Å²) in [5.41, 5.74) is -1.01. The van der Waals surface area contributed by atoms with Crippen molar-refractivity contribution >= 4 is 29.9 Å². The highest BCUT2D eigenvalue weighted by Gasteiger charge is 2.25. The number of hydrogen-bond acceptors (Lipinski definition) is 6. The molecule has 0 bridgehead atoms. The lowest BCUT2D eigenvalue weighted by Crippen LogP contribution is -2.42. The van der Waals surface area contributed by atoms with Crippen molar-refractivity contribution in [2.75, 3.05) is 25.2 Å². The van der Waals surface area contributed by atoms with Crippen molar-refractivity contribution in [3.05, 3.63) is 29.3 Å². The van der Waals surface area contributed by atoms with E-state index in [1.54, 1.807) is 13.8 Å². The van der Waals surface area contributed by atoms with Gasteiger partial charge in [0.2, 0.25) is 6.41 Å². The Hall–Kier alpha value is -3.04. The summed E-state index contributed by atoms with van der Waals surface area (Å²) in [6.45, 7) is 3.39. The number of benzene rings is 1. The second-order valence-corrected chi connectivity index (χ2v) is 5.63. The molecule has 0 fully saturated rings. The number of amides is 2. The number of ether oxygens (including phenoxy) is 2. The van der Waals surface area contributed by atoms with Crippen LogP contribution in [0.15, 0.2) is 12.1 Å². The number of anilines is 1. The number of halogens is 2. The lowest BCUT2D eigenvalue weighted by Gasteiger charge is -2.18. The molecule has 1 atom stereocenters. The molecule has 0 aliphatic carbocycles. The maximum atomic E-state index is 14.1. The molecule has 0 aromatic heterocycles. The van der Waals surface area contributed by atoms with Gasteiger partial charge in [-0.1, -0.05) is 0 Å². The lowest BCUT2D eigenvalue weighted by atomic mass is 10.1. The highest BCUT2D eigenvalue weighted by Crippen LogP contribution is 2.23. The van der Waals surface area contributed by atoms with Crippen molar-refractivity contribution < 1.29 is 37.4 Å². The molecule has 2 amide bonds. The van der Waals surface area contributed by atoms with Gasteiger partial charge in [0.1, 0.15) is 11.7 Å². The topological polar surface area (TPSA) is 102 Å². The van der Waals surface area contributed by atoms with E-state index >= 15 is 0 Å². The van der Waals surface area contributed by atoms with Crippen LogP contribution in [0, 0.1) is 11.6 Å². The molecule has 0 aliphatic rings. The van der Waals surface area contributed by atoms with E-state index < -0.39 is 46.8 Å². The van der Waals surface area contributed by atoms with Crippen LogP contribution in [0.2, 0.25) is 0 Å². The number of nitrogens with one attached hydrogen (secondary N) is 1. The molecule has 0 saturated heterocycles. The molecule has 0 spiro atoms. The largest absolute Gasteiger partial charge is 0.466 e. The zero-order chi connectivity index (χ0) is 21.3. The SMILES string of the molecule is CCOC(=O)CCC(NC(=O)c1cc(F)c(N(C)C=O)c(F)c1)C(=O)OCC. The zero-order valence-corrected chi connectivity index (χ0v) is 15.8. The Bertz CT molecular complexity index is 718. The van der Waals surface area contributed by atoms with Crippen LogP contribution in [-0.4, -0.2) is 50.6 Å². The van der Waals surface area contributed by atoms with Crippen LogP contribution in [0.5, 0.6) is 0 Å². The van der Waals surface area contributed by atoms with Gasteiger partial charge in [-0.05, 0) is 32.4 Å². The van der Waals surface area contributed by atoms with Crippen LogP contribution in [-0.2, 0) is 23.9 Å². The van der Waals surface area contributed by atoms with Gasteiger partial charge in [-0.2, -0.15) is 0 Å². The van der Waals surface area contributed by atoms with Crippen LogP contribution in [0.3, 0.4) is 0 Å². The van der Waals surface area contributed by atoms with Crippen molar-refractivity contribution in [1.82, 2.24) is 5.32 Å². The quantitative estimate of drug-likeness (QED) is 0.472. The summed E-state index contributed by atoms with van der Waals surface area (Å²) in [5, 5.41) is 2.29. The highest BCUT2D eigenvalue weighted by molar-refractivity contribution is 5.97. The minimum Gasteiger partial charge on any atom is -0.466 e. The summed E-state index contributed by atoms with van der Waals surface area (Å²) < 4.78 is 37.8. The molecule has 0 radical (unpaired) electrons. The minimum absolute atomic E-state index is 0.0423. The molecule has 1 N–H and O–H groups in total. The van der Waals surface area contributed by atoms with E-state index in [2.05, 4.69) is 5.32 Å². The molecule has 0 heterocycles. The first-order valence-corrected chi connectivity index (χ1v) is 8.55. The van der Waals surface area contributed by atoms with E-state index in [1.165, 1.54) is 0 Å². The summed E-state index contributed by atoms with van der Waals surface area (Å²) in [4.78, 5) is 47.2. The van der Waals surface area contributed by atoms with Crippen molar-refractivity contribution in [2.24, 2.45) is 0 Å². The molecular weight excluding hydrogens is 378 g/mol. The zero-order valence-electron chi connectivity index (χ0n) is 15.8. The van der Waals surface area contributed by atoms with Gasteiger partial charge >= 0.3 is 11.9 Å².